The number of carbonyl (C=O) groups is 5. The van der Waals surface area contributed by atoms with Gasteiger partial charge in [-0.1, -0.05) is 15.9 Å². The number of rotatable bonds is 7. The first-order valence-corrected chi connectivity index (χ1v) is 12.4. The number of amides is 5. The van der Waals surface area contributed by atoms with E-state index in [1.807, 2.05) is 0 Å². The molecule has 0 unspecified atom stereocenters. The van der Waals surface area contributed by atoms with Crippen LogP contribution in [0.4, 0.5) is 4.79 Å². The Morgan fingerprint density at radius 3 is 2.40 bits per heavy atom. The van der Waals surface area contributed by atoms with Gasteiger partial charge in [0.05, 0.1) is 11.1 Å². The fourth-order valence-electron chi connectivity index (χ4n) is 4.03. The Bertz CT molecular complexity index is 1010. The van der Waals surface area contributed by atoms with E-state index in [1.54, 1.807) is 43.9 Å². The molecule has 0 radical (unpaired) electrons. The van der Waals surface area contributed by atoms with Crippen molar-refractivity contribution in [1.82, 2.24) is 20.4 Å². The first-order valence-electron chi connectivity index (χ1n) is 11.6. The van der Waals surface area contributed by atoms with Crippen LogP contribution in [0, 0.1) is 0 Å². The van der Waals surface area contributed by atoms with E-state index < -0.39 is 11.7 Å². The zero-order valence-electron chi connectivity index (χ0n) is 20.2. The van der Waals surface area contributed by atoms with Gasteiger partial charge in [0.2, 0.25) is 11.8 Å². The Balaban J connectivity index is 1.35. The van der Waals surface area contributed by atoms with Crippen molar-refractivity contribution in [3.8, 4) is 0 Å². The van der Waals surface area contributed by atoms with Gasteiger partial charge in [0.1, 0.15) is 12.1 Å². The number of hydrogen-bond donors (Lipinski definition) is 2. The van der Waals surface area contributed by atoms with Gasteiger partial charge in [-0.25, -0.2) is 4.79 Å². The molecule has 0 saturated carbocycles. The van der Waals surface area contributed by atoms with Crippen LogP contribution in [0.2, 0.25) is 0 Å². The highest BCUT2D eigenvalue weighted by Crippen LogP contribution is 2.26. The molecule has 2 N–H and O–H groups in total. The molecule has 2 heterocycles. The van der Waals surface area contributed by atoms with Crippen LogP contribution in [-0.4, -0.2) is 77.3 Å². The molecule has 1 fully saturated rings. The molecule has 0 bridgehead atoms. The van der Waals surface area contributed by atoms with Crippen LogP contribution in [0.3, 0.4) is 0 Å². The number of ether oxygens (including phenoxy) is 1. The summed E-state index contributed by atoms with van der Waals surface area (Å²) in [6.45, 7) is 6.24. The van der Waals surface area contributed by atoms with Crippen molar-refractivity contribution in [2.75, 3.05) is 26.2 Å². The second-order valence-corrected chi connectivity index (χ2v) is 10.5. The Labute approximate surface area is 212 Å². The van der Waals surface area contributed by atoms with Crippen molar-refractivity contribution in [2.45, 2.75) is 58.1 Å². The lowest BCUT2D eigenvalue weighted by Gasteiger charge is -2.32. The van der Waals surface area contributed by atoms with Gasteiger partial charge in [0.15, 0.2) is 0 Å². The zero-order valence-corrected chi connectivity index (χ0v) is 21.8. The minimum absolute atomic E-state index is 0.0410. The highest BCUT2D eigenvalue weighted by atomic mass is 79.9. The molecule has 0 aromatic heterocycles. The lowest BCUT2D eigenvalue weighted by molar-refractivity contribution is -0.132. The summed E-state index contributed by atoms with van der Waals surface area (Å²) in [5, 5.41) is 5.29. The van der Waals surface area contributed by atoms with Gasteiger partial charge in [-0.2, -0.15) is 0 Å². The first-order chi connectivity index (χ1) is 16.4. The molecule has 190 valence electrons. The van der Waals surface area contributed by atoms with Crippen molar-refractivity contribution in [2.24, 2.45) is 0 Å². The quantitative estimate of drug-likeness (QED) is 0.502. The molecule has 3 rings (SSSR count). The summed E-state index contributed by atoms with van der Waals surface area (Å²) in [6, 6.07) is 4.91. The van der Waals surface area contributed by atoms with Crippen molar-refractivity contribution >= 4 is 45.7 Å². The zero-order chi connectivity index (χ0) is 25.8. The molecule has 5 amide bonds. The molecule has 0 aliphatic carbocycles. The summed E-state index contributed by atoms with van der Waals surface area (Å²) in [5.41, 5.74) is 0.123. The van der Waals surface area contributed by atoms with Gasteiger partial charge in [0.25, 0.3) is 11.8 Å². The number of nitrogens with zero attached hydrogens (tertiary/aromatic N) is 2. The number of piperidine rings is 1. The molecule has 1 aromatic carbocycles. The molecule has 10 nitrogen and oxygen atoms in total. The van der Waals surface area contributed by atoms with E-state index >= 15 is 0 Å². The minimum Gasteiger partial charge on any atom is -0.444 e. The summed E-state index contributed by atoms with van der Waals surface area (Å²) >= 11 is 3.31. The molecule has 1 saturated heterocycles. The largest absolute Gasteiger partial charge is 0.444 e. The van der Waals surface area contributed by atoms with Crippen LogP contribution >= 0.6 is 15.9 Å². The molecular formula is C24H31BrN4O6. The highest BCUT2D eigenvalue weighted by Gasteiger charge is 2.35. The smallest absolute Gasteiger partial charge is 0.408 e. The molecule has 0 spiro atoms. The average Bonchev–Trinajstić information content (AvgIpc) is 3.01. The predicted molar refractivity (Wildman–Crippen MR) is 131 cm³/mol. The average molecular weight is 551 g/mol. The van der Waals surface area contributed by atoms with E-state index in [0.717, 1.165) is 4.47 Å². The van der Waals surface area contributed by atoms with E-state index in [9.17, 15) is 24.0 Å². The fourth-order valence-corrected chi connectivity index (χ4v) is 4.39. The molecule has 2 aliphatic rings. The Hall–Kier alpha value is -2.95. The molecule has 1 aromatic rings. The van der Waals surface area contributed by atoms with Crippen molar-refractivity contribution in [1.29, 1.82) is 0 Å². The summed E-state index contributed by atoms with van der Waals surface area (Å²) in [6.07, 6.45) is 1.18. The third-order valence-corrected chi connectivity index (χ3v) is 6.20. The number of hydrogen-bond acceptors (Lipinski definition) is 6. The maximum absolute atomic E-state index is 12.6. The molecular weight excluding hydrogens is 520 g/mol. The molecule has 2 aliphatic heterocycles. The van der Waals surface area contributed by atoms with Crippen LogP contribution in [0.5, 0.6) is 0 Å². The number of likely N-dealkylation sites (tertiary alicyclic amines) is 1. The first kappa shape index (κ1) is 26.7. The van der Waals surface area contributed by atoms with Gasteiger partial charge in [0, 0.05) is 36.6 Å². The Morgan fingerprint density at radius 2 is 1.74 bits per heavy atom. The van der Waals surface area contributed by atoms with E-state index in [4.69, 9.17) is 4.74 Å². The van der Waals surface area contributed by atoms with Crippen molar-refractivity contribution in [3.63, 3.8) is 0 Å². The number of carbonyl (C=O) groups excluding carboxylic acids is 5. The number of fused-ring (bicyclic) bond motifs is 1. The number of benzene rings is 1. The summed E-state index contributed by atoms with van der Waals surface area (Å²) in [5.74, 6) is -1.02. The summed E-state index contributed by atoms with van der Waals surface area (Å²) in [4.78, 5) is 64.3. The van der Waals surface area contributed by atoms with E-state index in [1.165, 1.54) is 4.90 Å². The van der Waals surface area contributed by atoms with Crippen molar-refractivity contribution in [3.05, 3.63) is 33.8 Å². The maximum Gasteiger partial charge on any atom is 0.408 e. The van der Waals surface area contributed by atoms with E-state index in [-0.39, 0.29) is 49.2 Å². The lowest BCUT2D eigenvalue weighted by Crippen LogP contribution is -2.49. The minimum atomic E-state index is -0.651. The van der Waals surface area contributed by atoms with Gasteiger partial charge in [-0.15, -0.1) is 0 Å². The number of imide groups is 1. The van der Waals surface area contributed by atoms with Crippen LogP contribution in [0.25, 0.3) is 0 Å². The lowest BCUT2D eigenvalue weighted by atomic mass is 10.0. The van der Waals surface area contributed by atoms with E-state index in [2.05, 4.69) is 26.6 Å². The second kappa shape index (κ2) is 11.2. The second-order valence-electron chi connectivity index (χ2n) is 9.63. The maximum atomic E-state index is 12.6. The van der Waals surface area contributed by atoms with Crippen LogP contribution in [-0.2, 0) is 14.3 Å². The van der Waals surface area contributed by atoms with Crippen molar-refractivity contribution < 1.29 is 28.7 Å². The SMILES string of the molecule is CC(C)(C)OC(=O)NCC(=O)NC1CCN(C(=O)CCCN2C(=O)c3ccc(Br)cc3C2=O)CC1. The Kier molecular flexibility index (Phi) is 8.52. The topological polar surface area (TPSA) is 125 Å². The third kappa shape index (κ3) is 7.27. The standard InChI is InChI=1S/C24H31BrN4O6/c1-24(2,3)35-23(34)26-14-19(30)27-16-8-11-28(12-9-16)20(31)5-4-10-29-21(32)17-7-6-15(25)13-18(17)22(29)33/h6-7,13,16H,4-5,8-12,14H2,1-3H3,(H,26,34)(H,27,30). The van der Waals surface area contributed by atoms with Gasteiger partial charge in [-0.05, 0) is 58.2 Å². The number of alkyl carbamates (subject to hydrolysis) is 1. The summed E-state index contributed by atoms with van der Waals surface area (Å²) in [7, 11) is 0. The molecule has 35 heavy (non-hydrogen) atoms. The highest BCUT2D eigenvalue weighted by molar-refractivity contribution is 9.10. The number of nitrogens with one attached hydrogen (secondary N) is 2. The van der Waals surface area contributed by atoms with Crippen LogP contribution in [0.15, 0.2) is 22.7 Å². The van der Waals surface area contributed by atoms with Crippen LogP contribution < -0.4 is 10.6 Å². The fraction of sp³-hybridized carbons (Fsp3) is 0.542. The summed E-state index contributed by atoms with van der Waals surface area (Å²) < 4.78 is 5.83. The van der Waals surface area contributed by atoms with Gasteiger partial charge in [-0.3, -0.25) is 24.1 Å². The normalized spacial score (nSPS) is 16.2. The Morgan fingerprint density at radius 1 is 1.09 bits per heavy atom. The predicted octanol–water partition coefficient (Wildman–Crippen LogP) is 2.46. The van der Waals surface area contributed by atoms with Gasteiger partial charge >= 0.3 is 6.09 Å². The molecule has 11 heteroatoms. The number of halogens is 1. The monoisotopic (exact) mass is 550 g/mol. The van der Waals surface area contributed by atoms with Crippen LogP contribution in [0.1, 0.15) is 67.2 Å². The third-order valence-electron chi connectivity index (χ3n) is 5.71. The molecule has 0 atom stereocenters. The van der Waals surface area contributed by atoms with Gasteiger partial charge < -0.3 is 20.3 Å². The van der Waals surface area contributed by atoms with E-state index in [0.29, 0.717) is 43.5 Å².